The molecular weight excluding hydrogens is 246 g/mol. The lowest BCUT2D eigenvalue weighted by Crippen LogP contribution is -2.48. The van der Waals surface area contributed by atoms with E-state index in [9.17, 15) is 0 Å². The molecule has 3 nitrogen and oxygen atoms in total. The van der Waals surface area contributed by atoms with Gasteiger partial charge in [0, 0.05) is 19.1 Å². The molecule has 1 saturated heterocycles. The molecule has 0 aromatic heterocycles. The van der Waals surface area contributed by atoms with Crippen LogP contribution in [0.15, 0.2) is 0 Å². The van der Waals surface area contributed by atoms with Crippen molar-refractivity contribution in [2.75, 3.05) is 46.8 Å². The van der Waals surface area contributed by atoms with Crippen molar-refractivity contribution >= 4 is 0 Å². The van der Waals surface area contributed by atoms with E-state index in [1.54, 1.807) is 0 Å². The van der Waals surface area contributed by atoms with E-state index in [2.05, 4.69) is 50.0 Å². The molecule has 0 spiro atoms. The van der Waals surface area contributed by atoms with Crippen LogP contribution in [-0.4, -0.2) is 62.7 Å². The number of rotatable bonds is 9. The zero-order valence-electron chi connectivity index (χ0n) is 14.5. The lowest BCUT2D eigenvalue weighted by Gasteiger charge is -2.41. The smallest absolute Gasteiger partial charge is 0.0117 e. The highest BCUT2D eigenvalue weighted by molar-refractivity contribution is 4.86. The van der Waals surface area contributed by atoms with E-state index in [4.69, 9.17) is 0 Å². The van der Waals surface area contributed by atoms with Crippen LogP contribution in [0.5, 0.6) is 0 Å². The molecule has 0 radical (unpaired) electrons. The van der Waals surface area contributed by atoms with Gasteiger partial charge in [-0.3, -0.25) is 0 Å². The van der Waals surface area contributed by atoms with Gasteiger partial charge in [-0.05, 0) is 71.2 Å². The number of likely N-dealkylation sites (tertiary alicyclic amines) is 1. The molecule has 20 heavy (non-hydrogen) atoms. The summed E-state index contributed by atoms with van der Waals surface area (Å²) < 4.78 is 0. The maximum atomic E-state index is 3.66. The fourth-order valence-electron chi connectivity index (χ4n) is 3.40. The largest absolute Gasteiger partial charge is 0.316 e. The summed E-state index contributed by atoms with van der Waals surface area (Å²) in [6.45, 7) is 13.1. The Morgan fingerprint density at radius 1 is 1.15 bits per heavy atom. The highest BCUT2D eigenvalue weighted by Crippen LogP contribution is 2.28. The van der Waals surface area contributed by atoms with Crippen molar-refractivity contribution in [3.8, 4) is 0 Å². The van der Waals surface area contributed by atoms with Crippen molar-refractivity contribution in [1.82, 2.24) is 15.1 Å². The van der Waals surface area contributed by atoms with Crippen LogP contribution in [0.2, 0.25) is 0 Å². The van der Waals surface area contributed by atoms with Crippen LogP contribution >= 0.6 is 0 Å². The third kappa shape index (κ3) is 5.34. The second-order valence-corrected chi connectivity index (χ2v) is 6.83. The van der Waals surface area contributed by atoms with Gasteiger partial charge in [0.1, 0.15) is 0 Å². The minimum Gasteiger partial charge on any atom is -0.316 e. The molecule has 1 heterocycles. The number of nitrogens with zero attached hydrogens (tertiary/aromatic N) is 2. The van der Waals surface area contributed by atoms with Gasteiger partial charge < -0.3 is 15.1 Å². The normalized spacial score (nSPS) is 18.9. The first-order valence-corrected chi connectivity index (χ1v) is 8.66. The zero-order valence-corrected chi connectivity index (χ0v) is 14.5. The van der Waals surface area contributed by atoms with Gasteiger partial charge in [0.15, 0.2) is 0 Å². The molecule has 1 N–H and O–H groups in total. The highest BCUT2D eigenvalue weighted by Gasteiger charge is 2.30. The highest BCUT2D eigenvalue weighted by atomic mass is 15.2. The number of hydrogen-bond donors (Lipinski definition) is 1. The second-order valence-electron chi connectivity index (χ2n) is 6.83. The number of piperidine rings is 1. The molecule has 1 aliphatic heterocycles. The molecule has 1 aliphatic rings. The summed E-state index contributed by atoms with van der Waals surface area (Å²) in [6.07, 6.45) is 6.44. The van der Waals surface area contributed by atoms with E-state index in [1.165, 1.54) is 58.3 Å². The van der Waals surface area contributed by atoms with E-state index in [-0.39, 0.29) is 0 Å². The Balaban J connectivity index is 2.50. The Hall–Kier alpha value is -0.120. The zero-order chi connectivity index (χ0) is 15.0. The monoisotopic (exact) mass is 283 g/mol. The lowest BCUT2D eigenvalue weighted by molar-refractivity contribution is 0.0861. The predicted octanol–water partition coefficient (Wildman–Crippen LogP) is 2.82. The van der Waals surface area contributed by atoms with Gasteiger partial charge in [0.05, 0.1) is 0 Å². The van der Waals surface area contributed by atoms with Crippen molar-refractivity contribution < 1.29 is 0 Å². The topological polar surface area (TPSA) is 18.5 Å². The molecule has 0 aliphatic carbocycles. The minimum atomic E-state index is 0.452. The Labute approximate surface area is 127 Å². The van der Waals surface area contributed by atoms with E-state index >= 15 is 0 Å². The fourth-order valence-corrected chi connectivity index (χ4v) is 3.40. The van der Waals surface area contributed by atoms with Gasteiger partial charge in [0.2, 0.25) is 0 Å². The standard InChI is InChI=1S/C17H37N3/c1-6-11-18-14-17(7-2,8-3)15-20(5)16-9-12-19(4)13-10-16/h16,18H,6-15H2,1-5H3. The van der Waals surface area contributed by atoms with Crippen molar-refractivity contribution in [1.29, 1.82) is 0 Å². The average molecular weight is 284 g/mol. The van der Waals surface area contributed by atoms with Crippen molar-refractivity contribution in [3.63, 3.8) is 0 Å². The van der Waals surface area contributed by atoms with E-state index in [1.807, 2.05) is 0 Å². The summed E-state index contributed by atoms with van der Waals surface area (Å²) in [4.78, 5) is 5.10. The number of nitrogens with one attached hydrogen (secondary N) is 1. The molecule has 0 aromatic carbocycles. The Morgan fingerprint density at radius 3 is 2.25 bits per heavy atom. The molecule has 0 aromatic rings. The van der Waals surface area contributed by atoms with Crippen LogP contribution in [0.1, 0.15) is 52.9 Å². The Morgan fingerprint density at radius 2 is 1.75 bits per heavy atom. The molecule has 0 bridgehead atoms. The first-order valence-electron chi connectivity index (χ1n) is 8.66. The molecule has 0 atom stereocenters. The van der Waals surface area contributed by atoms with E-state index in [0.717, 1.165) is 12.6 Å². The van der Waals surface area contributed by atoms with Crippen LogP contribution in [-0.2, 0) is 0 Å². The third-order valence-corrected chi connectivity index (χ3v) is 5.32. The van der Waals surface area contributed by atoms with Crippen molar-refractivity contribution in [3.05, 3.63) is 0 Å². The quantitative estimate of drug-likeness (QED) is 0.657. The van der Waals surface area contributed by atoms with Gasteiger partial charge in [-0.1, -0.05) is 20.8 Å². The van der Waals surface area contributed by atoms with E-state index < -0.39 is 0 Å². The molecule has 0 saturated carbocycles. The first-order chi connectivity index (χ1) is 9.56. The summed E-state index contributed by atoms with van der Waals surface area (Å²) in [7, 11) is 4.59. The van der Waals surface area contributed by atoms with Crippen LogP contribution in [0, 0.1) is 5.41 Å². The first kappa shape index (κ1) is 17.9. The van der Waals surface area contributed by atoms with Gasteiger partial charge >= 0.3 is 0 Å². The predicted molar refractivity (Wildman–Crippen MR) is 89.3 cm³/mol. The molecule has 3 heteroatoms. The summed E-state index contributed by atoms with van der Waals surface area (Å²) in [6, 6.07) is 0.787. The molecule has 120 valence electrons. The summed E-state index contributed by atoms with van der Waals surface area (Å²) >= 11 is 0. The third-order valence-electron chi connectivity index (χ3n) is 5.32. The molecule has 1 fully saturated rings. The molecule has 0 amide bonds. The second kappa shape index (κ2) is 9.01. The SMILES string of the molecule is CCCNCC(CC)(CC)CN(C)C1CCN(C)CC1. The van der Waals surface area contributed by atoms with Crippen molar-refractivity contribution in [2.24, 2.45) is 5.41 Å². The maximum Gasteiger partial charge on any atom is 0.0117 e. The molecular formula is C17H37N3. The van der Waals surface area contributed by atoms with Gasteiger partial charge in [-0.25, -0.2) is 0 Å². The Kier molecular flexibility index (Phi) is 8.08. The van der Waals surface area contributed by atoms with Crippen molar-refractivity contribution in [2.45, 2.75) is 58.9 Å². The number of hydrogen-bond acceptors (Lipinski definition) is 3. The van der Waals surface area contributed by atoms with Gasteiger partial charge in [0.25, 0.3) is 0 Å². The minimum absolute atomic E-state index is 0.452. The lowest BCUT2D eigenvalue weighted by atomic mass is 9.81. The summed E-state index contributed by atoms with van der Waals surface area (Å²) in [5.41, 5.74) is 0.452. The van der Waals surface area contributed by atoms with Crippen LogP contribution < -0.4 is 5.32 Å². The maximum absolute atomic E-state index is 3.66. The van der Waals surface area contributed by atoms with Crippen LogP contribution in [0.25, 0.3) is 0 Å². The Bertz CT molecular complexity index is 243. The average Bonchev–Trinajstić information content (AvgIpc) is 2.47. The summed E-state index contributed by atoms with van der Waals surface area (Å²) in [5, 5.41) is 3.66. The van der Waals surface area contributed by atoms with Crippen LogP contribution in [0.4, 0.5) is 0 Å². The van der Waals surface area contributed by atoms with E-state index in [0.29, 0.717) is 5.41 Å². The summed E-state index contributed by atoms with van der Waals surface area (Å²) in [5.74, 6) is 0. The van der Waals surface area contributed by atoms with Crippen LogP contribution in [0.3, 0.4) is 0 Å². The van der Waals surface area contributed by atoms with Gasteiger partial charge in [-0.15, -0.1) is 0 Å². The van der Waals surface area contributed by atoms with Gasteiger partial charge in [-0.2, -0.15) is 0 Å². The molecule has 1 rings (SSSR count). The fraction of sp³-hybridized carbons (Fsp3) is 1.00. The molecule has 0 unspecified atom stereocenters.